The standard InChI is InChI=1S/C29H48FN3O3/c1-22-13-14-27(30)26(18-22)29(35,15-7-8-17-36-3)24-12-9-16-33(21-24)28(34)32-25(20-31-2)19-23-10-5-4-6-11-23/h13-14,18,23-25,31,35H,4-12,15-17,19-21H2,1-3H3,(H,32,34)/t24-,25?,29+/m1/s1. The van der Waals surface area contributed by atoms with E-state index in [1.165, 1.54) is 38.2 Å². The molecule has 6 nitrogen and oxygen atoms in total. The third-order valence-electron chi connectivity index (χ3n) is 8.25. The van der Waals surface area contributed by atoms with Crippen LogP contribution in [0.5, 0.6) is 0 Å². The van der Waals surface area contributed by atoms with Gasteiger partial charge in [-0.15, -0.1) is 0 Å². The van der Waals surface area contributed by atoms with Crippen molar-refractivity contribution < 1.29 is 19.0 Å². The molecule has 0 bridgehead atoms. The lowest BCUT2D eigenvalue weighted by atomic mass is 9.73. The Bertz CT molecular complexity index is 817. The molecule has 1 aliphatic heterocycles. The first-order valence-corrected chi connectivity index (χ1v) is 14.0. The number of benzene rings is 1. The summed E-state index contributed by atoms with van der Waals surface area (Å²) in [4.78, 5) is 15.2. The van der Waals surface area contributed by atoms with Gasteiger partial charge in [-0.2, -0.15) is 0 Å². The topological polar surface area (TPSA) is 73.8 Å². The molecule has 1 aromatic rings. The maximum atomic E-state index is 15.0. The molecular weight excluding hydrogens is 457 g/mol. The number of likely N-dealkylation sites (N-methyl/N-ethyl adjacent to an activating group) is 1. The van der Waals surface area contributed by atoms with Crippen molar-refractivity contribution in [1.29, 1.82) is 0 Å². The van der Waals surface area contributed by atoms with E-state index in [4.69, 9.17) is 4.74 Å². The van der Waals surface area contributed by atoms with Gasteiger partial charge < -0.3 is 25.4 Å². The number of amides is 2. The minimum absolute atomic E-state index is 0.0674. The summed E-state index contributed by atoms with van der Waals surface area (Å²) < 4.78 is 20.2. The summed E-state index contributed by atoms with van der Waals surface area (Å²) >= 11 is 0. The van der Waals surface area contributed by atoms with E-state index >= 15 is 4.39 Å². The summed E-state index contributed by atoms with van der Waals surface area (Å²) in [5, 5.41) is 18.6. The largest absolute Gasteiger partial charge is 0.385 e. The van der Waals surface area contributed by atoms with Gasteiger partial charge in [0.15, 0.2) is 0 Å². The minimum Gasteiger partial charge on any atom is -0.385 e. The number of methoxy groups -OCH3 is 1. The van der Waals surface area contributed by atoms with Crippen molar-refractivity contribution >= 4 is 6.03 Å². The van der Waals surface area contributed by atoms with Crippen LogP contribution in [0.4, 0.5) is 9.18 Å². The fourth-order valence-electron chi connectivity index (χ4n) is 6.25. The molecule has 3 rings (SSSR count). The smallest absolute Gasteiger partial charge is 0.317 e. The fraction of sp³-hybridized carbons (Fsp3) is 0.759. The van der Waals surface area contributed by atoms with E-state index in [1.807, 2.05) is 18.9 Å². The third kappa shape index (κ3) is 7.90. The van der Waals surface area contributed by atoms with Crippen LogP contribution in [0.2, 0.25) is 0 Å². The highest BCUT2D eigenvalue weighted by Crippen LogP contribution is 2.41. The van der Waals surface area contributed by atoms with Gasteiger partial charge in [0.2, 0.25) is 0 Å². The molecule has 2 fully saturated rings. The molecule has 1 unspecified atom stereocenters. The van der Waals surface area contributed by atoms with E-state index in [9.17, 15) is 9.90 Å². The third-order valence-corrected chi connectivity index (χ3v) is 8.25. The summed E-state index contributed by atoms with van der Waals surface area (Å²) in [6.07, 6.45) is 10.9. The van der Waals surface area contributed by atoms with Gasteiger partial charge in [0, 0.05) is 50.9 Å². The van der Waals surface area contributed by atoms with Gasteiger partial charge in [-0.1, -0.05) is 49.8 Å². The van der Waals surface area contributed by atoms with E-state index in [0.717, 1.165) is 44.2 Å². The molecule has 2 amide bonds. The average Bonchev–Trinajstić information content (AvgIpc) is 2.88. The van der Waals surface area contributed by atoms with Crippen molar-refractivity contribution in [3.63, 3.8) is 0 Å². The number of piperidine rings is 1. The number of hydrogen-bond acceptors (Lipinski definition) is 4. The van der Waals surface area contributed by atoms with Crippen LogP contribution in [0, 0.1) is 24.6 Å². The first-order chi connectivity index (χ1) is 17.4. The summed E-state index contributed by atoms with van der Waals surface area (Å²) in [5.74, 6) is 0.0721. The average molecular weight is 506 g/mol. The van der Waals surface area contributed by atoms with Gasteiger partial charge in [0.25, 0.3) is 0 Å². The molecule has 3 atom stereocenters. The van der Waals surface area contributed by atoms with Gasteiger partial charge in [-0.05, 0) is 64.5 Å². The molecule has 1 aromatic carbocycles. The number of ether oxygens (including phenoxy) is 1. The van der Waals surface area contributed by atoms with Crippen LogP contribution >= 0.6 is 0 Å². The van der Waals surface area contributed by atoms with Crippen LogP contribution in [0.3, 0.4) is 0 Å². The Morgan fingerprint density at radius 3 is 2.72 bits per heavy atom. The number of unbranched alkanes of at least 4 members (excludes halogenated alkanes) is 1. The van der Waals surface area contributed by atoms with E-state index in [1.54, 1.807) is 19.2 Å². The molecule has 1 saturated carbocycles. The van der Waals surface area contributed by atoms with Crippen molar-refractivity contribution in [2.45, 2.75) is 89.2 Å². The van der Waals surface area contributed by atoms with Crippen LogP contribution in [0.15, 0.2) is 18.2 Å². The molecule has 204 valence electrons. The Morgan fingerprint density at radius 2 is 2.00 bits per heavy atom. The number of hydrogen-bond donors (Lipinski definition) is 3. The van der Waals surface area contributed by atoms with Gasteiger partial charge in [0.05, 0.1) is 5.60 Å². The minimum atomic E-state index is -1.32. The van der Waals surface area contributed by atoms with Crippen LogP contribution in [0.1, 0.15) is 81.8 Å². The highest BCUT2D eigenvalue weighted by Gasteiger charge is 2.43. The molecule has 1 aliphatic carbocycles. The Balaban J connectivity index is 1.72. The fourth-order valence-corrected chi connectivity index (χ4v) is 6.25. The quantitative estimate of drug-likeness (QED) is 0.345. The Labute approximate surface area is 217 Å². The summed E-state index contributed by atoms with van der Waals surface area (Å²) in [5.41, 5.74) is -0.0443. The summed E-state index contributed by atoms with van der Waals surface area (Å²) in [6.45, 7) is 4.36. The van der Waals surface area contributed by atoms with Crippen LogP contribution in [0.25, 0.3) is 0 Å². The predicted octanol–water partition coefficient (Wildman–Crippen LogP) is 5.12. The molecule has 0 aromatic heterocycles. The van der Waals surface area contributed by atoms with E-state index in [-0.39, 0.29) is 23.8 Å². The number of rotatable bonds is 12. The molecule has 36 heavy (non-hydrogen) atoms. The molecule has 3 N–H and O–H groups in total. The van der Waals surface area contributed by atoms with Gasteiger partial charge >= 0.3 is 6.03 Å². The lowest BCUT2D eigenvalue weighted by Gasteiger charge is -2.43. The van der Waals surface area contributed by atoms with Gasteiger partial charge in [-0.25, -0.2) is 9.18 Å². The highest BCUT2D eigenvalue weighted by molar-refractivity contribution is 5.74. The maximum Gasteiger partial charge on any atom is 0.317 e. The molecular formula is C29H48FN3O3. The van der Waals surface area contributed by atoms with E-state index in [0.29, 0.717) is 37.6 Å². The molecule has 0 radical (unpaired) electrons. The zero-order valence-electron chi connectivity index (χ0n) is 22.7. The van der Waals surface area contributed by atoms with Crippen molar-refractivity contribution in [3.8, 4) is 0 Å². The Kier molecular flexibility index (Phi) is 11.5. The molecule has 1 heterocycles. The number of aryl methyl sites for hydroxylation is 1. The van der Waals surface area contributed by atoms with Crippen LogP contribution < -0.4 is 10.6 Å². The summed E-state index contributed by atoms with van der Waals surface area (Å²) in [6, 6.07) is 4.98. The monoisotopic (exact) mass is 505 g/mol. The number of aliphatic hydroxyl groups is 1. The SMILES string of the molecule is CNCC(CC1CCCCC1)NC(=O)N1CCC[C@@H]([C@@](O)(CCCCOC)c2cc(C)ccc2F)C1. The number of likely N-dealkylation sites (tertiary alicyclic amines) is 1. The number of nitrogens with one attached hydrogen (secondary N) is 2. The zero-order valence-corrected chi connectivity index (χ0v) is 22.7. The lowest BCUT2D eigenvalue weighted by Crippen LogP contribution is -2.54. The van der Waals surface area contributed by atoms with Crippen molar-refractivity contribution in [2.75, 3.05) is 40.4 Å². The van der Waals surface area contributed by atoms with Gasteiger partial charge in [0.1, 0.15) is 5.82 Å². The van der Waals surface area contributed by atoms with Crippen molar-refractivity contribution in [2.24, 2.45) is 11.8 Å². The lowest BCUT2D eigenvalue weighted by molar-refractivity contribution is -0.0588. The zero-order chi connectivity index (χ0) is 26.0. The molecule has 7 heteroatoms. The molecule has 0 spiro atoms. The number of urea groups is 1. The second-order valence-electron chi connectivity index (χ2n) is 11.1. The van der Waals surface area contributed by atoms with Crippen LogP contribution in [-0.2, 0) is 10.3 Å². The van der Waals surface area contributed by atoms with E-state index in [2.05, 4.69) is 10.6 Å². The second kappa shape index (κ2) is 14.3. The van der Waals surface area contributed by atoms with Crippen molar-refractivity contribution in [1.82, 2.24) is 15.5 Å². The number of carbonyl (C=O) groups is 1. The van der Waals surface area contributed by atoms with Gasteiger partial charge in [-0.3, -0.25) is 0 Å². The predicted molar refractivity (Wildman–Crippen MR) is 142 cm³/mol. The van der Waals surface area contributed by atoms with E-state index < -0.39 is 5.60 Å². The first-order valence-electron chi connectivity index (χ1n) is 14.0. The summed E-state index contributed by atoms with van der Waals surface area (Å²) in [7, 11) is 3.59. The number of carbonyl (C=O) groups excluding carboxylic acids is 1. The van der Waals surface area contributed by atoms with Crippen molar-refractivity contribution in [3.05, 3.63) is 35.1 Å². The normalized spacial score (nSPS) is 21.7. The Morgan fingerprint density at radius 1 is 1.22 bits per heavy atom. The number of nitrogens with zero attached hydrogens (tertiary/aromatic N) is 1. The molecule has 2 aliphatic rings. The molecule has 1 saturated heterocycles. The first kappa shape index (κ1) is 28.9. The maximum absolute atomic E-state index is 15.0. The number of halogens is 1. The Hall–Kier alpha value is -1.70. The second-order valence-corrected chi connectivity index (χ2v) is 11.1. The van der Waals surface area contributed by atoms with Crippen LogP contribution in [-0.4, -0.2) is 62.5 Å². The highest BCUT2D eigenvalue weighted by atomic mass is 19.1.